The lowest BCUT2D eigenvalue weighted by atomic mass is 9.96. The number of halogens is 4. The van der Waals surface area contributed by atoms with Crippen LogP contribution in [0.4, 0.5) is 23.4 Å². The molecule has 0 radical (unpaired) electrons. The Kier molecular flexibility index (Phi) is 8.58. The molecule has 5 rings (SSSR count). The molecule has 0 saturated carbocycles. The maximum Gasteiger partial charge on any atom is 0.416 e. The molecule has 2 unspecified atom stereocenters. The van der Waals surface area contributed by atoms with Crippen LogP contribution in [0.1, 0.15) is 57.8 Å². The van der Waals surface area contributed by atoms with Crippen LogP contribution in [-0.2, 0) is 35.3 Å². The van der Waals surface area contributed by atoms with Gasteiger partial charge in [0.15, 0.2) is 5.82 Å². The Hall–Kier alpha value is -2.83. The predicted octanol–water partition coefficient (Wildman–Crippen LogP) is 3.83. The molecule has 218 valence electrons. The van der Waals surface area contributed by atoms with Crippen molar-refractivity contribution in [2.75, 3.05) is 44.9 Å². The number of methoxy groups -OCH3 is 1. The van der Waals surface area contributed by atoms with Gasteiger partial charge in [-0.1, -0.05) is 6.07 Å². The molecule has 1 aromatic heterocycles. The molecule has 0 bridgehead atoms. The maximum atomic E-state index is 13.8. The fourth-order valence-corrected chi connectivity index (χ4v) is 5.88. The van der Waals surface area contributed by atoms with Crippen LogP contribution in [-0.4, -0.2) is 78.9 Å². The summed E-state index contributed by atoms with van der Waals surface area (Å²) in [7, 11) is 1.68. The van der Waals surface area contributed by atoms with Crippen molar-refractivity contribution in [1.82, 2.24) is 20.2 Å². The molecule has 2 aromatic rings. The van der Waals surface area contributed by atoms with Crippen LogP contribution in [0, 0.1) is 6.92 Å². The minimum Gasteiger partial charge on any atom is -0.379 e. The van der Waals surface area contributed by atoms with Crippen molar-refractivity contribution in [1.29, 1.82) is 0 Å². The van der Waals surface area contributed by atoms with Crippen molar-refractivity contribution in [3.63, 3.8) is 0 Å². The molecule has 1 N–H and O–H groups in total. The van der Waals surface area contributed by atoms with Crippen molar-refractivity contribution in [3.8, 4) is 0 Å². The SMILES string of the molecule is COC1COCCC1NC1CCN(C(=O)c2nc(CF)nc(N3CCc4ccc(C(F)(F)F)cc4C3)c2C)CC1. The zero-order valence-corrected chi connectivity index (χ0v) is 22.8. The number of likely N-dealkylation sites (tertiary alicyclic amines) is 1. The summed E-state index contributed by atoms with van der Waals surface area (Å²) in [5.74, 6) is -0.0110. The Morgan fingerprint density at radius 1 is 1.15 bits per heavy atom. The molecule has 40 heavy (non-hydrogen) atoms. The molecular formula is C28H35F4N5O3. The number of hydrogen-bond donors (Lipinski definition) is 1. The molecule has 1 aromatic carbocycles. The summed E-state index contributed by atoms with van der Waals surface area (Å²) in [4.78, 5) is 25.7. The van der Waals surface area contributed by atoms with Crippen molar-refractivity contribution in [3.05, 3.63) is 52.0 Å². The highest BCUT2D eigenvalue weighted by Gasteiger charge is 2.34. The molecule has 0 aliphatic carbocycles. The molecule has 2 fully saturated rings. The topological polar surface area (TPSA) is 79.8 Å². The van der Waals surface area contributed by atoms with Gasteiger partial charge in [0.25, 0.3) is 5.91 Å². The number of carbonyl (C=O) groups is 1. The zero-order valence-electron chi connectivity index (χ0n) is 22.8. The van der Waals surface area contributed by atoms with Gasteiger partial charge in [-0.15, -0.1) is 0 Å². The molecule has 8 nitrogen and oxygen atoms in total. The number of nitrogens with zero attached hydrogens (tertiary/aromatic N) is 4. The Morgan fingerprint density at radius 2 is 1.93 bits per heavy atom. The average Bonchev–Trinajstić information content (AvgIpc) is 2.96. The number of benzene rings is 1. The molecule has 2 atom stereocenters. The smallest absolute Gasteiger partial charge is 0.379 e. The normalized spacial score (nSPS) is 22.4. The third-order valence-electron chi connectivity index (χ3n) is 8.17. The van der Waals surface area contributed by atoms with Gasteiger partial charge in [-0.2, -0.15) is 13.2 Å². The highest BCUT2D eigenvalue weighted by molar-refractivity contribution is 5.95. The van der Waals surface area contributed by atoms with Gasteiger partial charge >= 0.3 is 6.18 Å². The van der Waals surface area contributed by atoms with E-state index in [1.807, 2.05) is 4.90 Å². The van der Waals surface area contributed by atoms with Crippen molar-refractivity contribution >= 4 is 11.7 Å². The van der Waals surface area contributed by atoms with Crippen LogP contribution in [0.15, 0.2) is 18.2 Å². The van der Waals surface area contributed by atoms with Crippen LogP contribution < -0.4 is 10.2 Å². The summed E-state index contributed by atoms with van der Waals surface area (Å²) >= 11 is 0. The summed E-state index contributed by atoms with van der Waals surface area (Å²) < 4.78 is 64.8. The second kappa shape index (κ2) is 12.0. The monoisotopic (exact) mass is 565 g/mol. The van der Waals surface area contributed by atoms with Gasteiger partial charge in [0.2, 0.25) is 0 Å². The molecule has 2 saturated heterocycles. The number of carbonyl (C=O) groups excluding carboxylic acids is 1. The Bertz CT molecular complexity index is 1220. The van der Waals surface area contributed by atoms with Gasteiger partial charge in [-0.25, -0.2) is 14.4 Å². The molecule has 3 aliphatic heterocycles. The Labute approximate surface area is 231 Å². The summed E-state index contributed by atoms with van der Waals surface area (Å²) in [5.41, 5.74) is 1.32. The van der Waals surface area contributed by atoms with Gasteiger partial charge in [-0.05, 0) is 55.9 Å². The van der Waals surface area contributed by atoms with E-state index in [0.717, 1.165) is 37.0 Å². The van der Waals surface area contributed by atoms with E-state index in [0.29, 0.717) is 56.2 Å². The van der Waals surface area contributed by atoms with Crippen LogP contribution in [0.5, 0.6) is 0 Å². The van der Waals surface area contributed by atoms with Crippen LogP contribution in [0.2, 0.25) is 0 Å². The zero-order chi connectivity index (χ0) is 28.4. The van der Waals surface area contributed by atoms with Gasteiger partial charge in [0, 0.05) is 57.5 Å². The first kappa shape index (κ1) is 28.7. The number of anilines is 1. The quantitative estimate of drug-likeness (QED) is 0.534. The third-order valence-corrected chi connectivity index (χ3v) is 8.17. The number of nitrogens with one attached hydrogen (secondary N) is 1. The second-order valence-corrected chi connectivity index (χ2v) is 10.7. The van der Waals surface area contributed by atoms with Crippen molar-refractivity contribution in [2.24, 2.45) is 0 Å². The molecule has 3 aliphatic rings. The maximum absolute atomic E-state index is 13.8. The highest BCUT2D eigenvalue weighted by Crippen LogP contribution is 2.34. The van der Waals surface area contributed by atoms with E-state index in [1.165, 1.54) is 6.07 Å². The average molecular weight is 566 g/mol. The minimum absolute atomic E-state index is 0.00331. The standard InChI is InChI=1S/C28H35F4N5O3/c1-17-25(27(38)36-10-6-21(7-11-36)33-22-8-12-40-16-23(22)39-2)34-24(14-29)35-26(17)37-9-5-18-3-4-20(28(30,31)32)13-19(18)15-37/h3-4,13,21-23,33H,5-12,14-16H2,1-2H3. The second-order valence-electron chi connectivity index (χ2n) is 10.7. The van der Waals surface area contributed by atoms with Crippen molar-refractivity contribution < 1.29 is 31.8 Å². The predicted molar refractivity (Wildman–Crippen MR) is 140 cm³/mol. The molecule has 12 heteroatoms. The number of rotatable bonds is 6. The summed E-state index contributed by atoms with van der Waals surface area (Å²) in [6.45, 7) is 3.74. The first-order valence-corrected chi connectivity index (χ1v) is 13.7. The lowest BCUT2D eigenvalue weighted by Gasteiger charge is -2.38. The number of piperidine rings is 1. The minimum atomic E-state index is -4.44. The van der Waals surface area contributed by atoms with E-state index in [-0.39, 0.29) is 42.2 Å². The molecule has 4 heterocycles. The lowest BCUT2D eigenvalue weighted by molar-refractivity contribution is -0.137. The largest absolute Gasteiger partial charge is 0.416 e. The van der Waals surface area contributed by atoms with Gasteiger partial charge in [0.1, 0.15) is 18.2 Å². The fourth-order valence-electron chi connectivity index (χ4n) is 5.88. The van der Waals surface area contributed by atoms with Crippen LogP contribution in [0.3, 0.4) is 0 Å². The number of aromatic nitrogens is 2. The number of amides is 1. The number of hydrogen-bond acceptors (Lipinski definition) is 7. The van der Waals surface area contributed by atoms with E-state index in [9.17, 15) is 22.4 Å². The van der Waals surface area contributed by atoms with Crippen LogP contribution in [0.25, 0.3) is 0 Å². The van der Waals surface area contributed by atoms with Crippen molar-refractivity contribution in [2.45, 2.75) is 70.2 Å². The Morgan fingerprint density at radius 3 is 2.62 bits per heavy atom. The van der Waals surface area contributed by atoms with E-state index in [4.69, 9.17) is 9.47 Å². The first-order valence-electron chi connectivity index (χ1n) is 13.7. The number of ether oxygens (including phenoxy) is 2. The lowest BCUT2D eigenvalue weighted by Crippen LogP contribution is -2.54. The summed E-state index contributed by atoms with van der Waals surface area (Å²) in [5, 5.41) is 3.67. The van der Waals surface area contributed by atoms with E-state index >= 15 is 0 Å². The summed E-state index contributed by atoms with van der Waals surface area (Å²) in [6.07, 6.45) is -1.54. The van der Waals surface area contributed by atoms with E-state index in [2.05, 4.69) is 15.3 Å². The number of fused-ring (bicyclic) bond motifs is 1. The van der Waals surface area contributed by atoms with Crippen LogP contribution >= 0.6 is 0 Å². The van der Waals surface area contributed by atoms with E-state index < -0.39 is 18.4 Å². The highest BCUT2D eigenvalue weighted by atomic mass is 19.4. The van der Waals surface area contributed by atoms with Gasteiger partial charge < -0.3 is 24.6 Å². The number of alkyl halides is 4. The van der Waals surface area contributed by atoms with E-state index in [1.54, 1.807) is 18.9 Å². The van der Waals surface area contributed by atoms with Gasteiger partial charge in [-0.3, -0.25) is 4.79 Å². The van der Waals surface area contributed by atoms with Gasteiger partial charge in [0.05, 0.1) is 18.3 Å². The fraction of sp³-hybridized carbons (Fsp3) is 0.607. The molecule has 0 spiro atoms. The summed E-state index contributed by atoms with van der Waals surface area (Å²) in [6, 6.07) is 4.21. The third kappa shape index (κ3) is 6.08. The molecule has 1 amide bonds. The molecular weight excluding hydrogens is 530 g/mol. The Balaban J connectivity index is 1.30. The first-order chi connectivity index (χ1) is 19.2.